The van der Waals surface area contributed by atoms with Crippen LogP contribution in [-0.2, 0) is 16.1 Å². The van der Waals surface area contributed by atoms with E-state index in [1.807, 2.05) is 0 Å². The zero-order valence-corrected chi connectivity index (χ0v) is 10.1. The molecule has 16 heavy (non-hydrogen) atoms. The van der Waals surface area contributed by atoms with Crippen LogP contribution in [0.15, 0.2) is 21.9 Å². The van der Waals surface area contributed by atoms with Crippen LogP contribution < -0.4 is 0 Å². The molecule has 0 fully saturated rings. The summed E-state index contributed by atoms with van der Waals surface area (Å²) in [5.74, 6) is 0. The second-order valence-electron chi connectivity index (χ2n) is 3.27. The molecule has 0 aliphatic rings. The van der Waals surface area contributed by atoms with Gasteiger partial charge in [0.15, 0.2) is 0 Å². The third-order valence-corrected chi connectivity index (χ3v) is 3.38. The van der Waals surface area contributed by atoms with Crippen LogP contribution in [0.25, 0.3) is 11.3 Å². The molecule has 0 aliphatic carbocycles. The van der Waals surface area contributed by atoms with Crippen molar-refractivity contribution in [3.63, 3.8) is 0 Å². The molecule has 2 aromatic rings. The van der Waals surface area contributed by atoms with Gasteiger partial charge in [0.25, 0.3) is 9.05 Å². The van der Waals surface area contributed by atoms with Gasteiger partial charge in [0.1, 0.15) is 16.9 Å². The molecule has 0 unspecified atom stereocenters. The normalized spacial score (nSPS) is 11.9. The van der Waals surface area contributed by atoms with E-state index < -0.39 is 9.05 Å². The first-order chi connectivity index (χ1) is 7.39. The summed E-state index contributed by atoms with van der Waals surface area (Å²) in [4.78, 5) is -0.148. The second kappa shape index (κ2) is 3.60. The van der Waals surface area contributed by atoms with Crippen molar-refractivity contribution >= 4 is 19.7 Å². The Morgan fingerprint density at radius 1 is 1.50 bits per heavy atom. The van der Waals surface area contributed by atoms with E-state index in [2.05, 4.69) is 14.8 Å². The molecule has 0 spiro atoms. The largest absolute Gasteiger partial charge is 0.363 e. The van der Waals surface area contributed by atoms with E-state index >= 15 is 0 Å². The van der Waals surface area contributed by atoms with Crippen molar-refractivity contribution in [2.24, 2.45) is 7.05 Å². The molecule has 2 aromatic heterocycles. The van der Waals surface area contributed by atoms with Crippen molar-refractivity contribution in [2.45, 2.75) is 11.8 Å². The van der Waals surface area contributed by atoms with Crippen molar-refractivity contribution in [3.8, 4) is 11.3 Å². The highest BCUT2D eigenvalue weighted by molar-refractivity contribution is 8.13. The Hall–Kier alpha value is -1.34. The predicted octanol–water partition coefficient (Wildman–Crippen LogP) is 1.31. The van der Waals surface area contributed by atoms with Crippen LogP contribution in [0, 0.1) is 6.92 Å². The van der Waals surface area contributed by atoms with E-state index in [1.165, 1.54) is 0 Å². The summed E-state index contributed by atoms with van der Waals surface area (Å²) in [5.41, 5.74) is 1.41. The topological polar surface area (TPSA) is 78.0 Å². The Labute approximate surface area is 96.2 Å². The SMILES string of the molecule is Cc1nn(C)cc1-c1nocc1S(=O)(=O)Cl. The van der Waals surface area contributed by atoms with Crippen LogP contribution in [0.3, 0.4) is 0 Å². The minimum absolute atomic E-state index is 0.148. The lowest BCUT2D eigenvalue weighted by Gasteiger charge is -1.94. The van der Waals surface area contributed by atoms with Gasteiger partial charge in [0.05, 0.1) is 5.69 Å². The maximum Gasteiger partial charge on any atom is 0.266 e. The predicted molar refractivity (Wildman–Crippen MR) is 56.5 cm³/mol. The standard InChI is InChI=1S/C8H8ClN3O3S/c1-5-6(3-12(2)10-5)8-7(4-15-11-8)16(9,13)14/h3-4H,1-2H3. The molecule has 0 N–H and O–H groups in total. The Morgan fingerprint density at radius 2 is 2.19 bits per heavy atom. The minimum Gasteiger partial charge on any atom is -0.363 e. The van der Waals surface area contributed by atoms with Gasteiger partial charge in [-0.15, -0.1) is 0 Å². The number of hydrogen-bond donors (Lipinski definition) is 0. The molecule has 0 aromatic carbocycles. The first kappa shape index (κ1) is 11.2. The Morgan fingerprint density at radius 3 is 2.69 bits per heavy atom. The number of rotatable bonds is 2. The lowest BCUT2D eigenvalue weighted by Crippen LogP contribution is -1.92. The average molecular weight is 262 g/mol. The van der Waals surface area contributed by atoms with E-state index in [0.717, 1.165) is 6.26 Å². The summed E-state index contributed by atoms with van der Waals surface area (Å²) in [5, 5.41) is 7.72. The summed E-state index contributed by atoms with van der Waals surface area (Å²) in [6.45, 7) is 1.74. The minimum atomic E-state index is -3.87. The van der Waals surface area contributed by atoms with Crippen molar-refractivity contribution < 1.29 is 12.9 Å². The maximum absolute atomic E-state index is 11.2. The molecule has 0 amide bonds. The monoisotopic (exact) mass is 261 g/mol. The molecule has 0 radical (unpaired) electrons. The van der Waals surface area contributed by atoms with Crippen LogP contribution in [0.5, 0.6) is 0 Å². The Kier molecular flexibility index (Phi) is 2.51. The number of halogens is 1. The van der Waals surface area contributed by atoms with Crippen molar-refractivity contribution in [2.75, 3.05) is 0 Å². The van der Waals surface area contributed by atoms with Gasteiger partial charge in [0.2, 0.25) is 0 Å². The van der Waals surface area contributed by atoms with Crippen LogP contribution in [-0.4, -0.2) is 23.4 Å². The zero-order valence-electron chi connectivity index (χ0n) is 8.51. The lowest BCUT2D eigenvalue weighted by atomic mass is 10.2. The molecule has 0 aliphatic heterocycles. The van der Waals surface area contributed by atoms with Gasteiger partial charge < -0.3 is 4.52 Å². The van der Waals surface area contributed by atoms with Crippen molar-refractivity contribution in [3.05, 3.63) is 18.2 Å². The molecule has 0 atom stereocenters. The van der Waals surface area contributed by atoms with Gasteiger partial charge in [-0.2, -0.15) is 5.10 Å². The molecular formula is C8H8ClN3O3S. The van der Waals surface area contributed by atoms with Crippen LogP contribution in [0.1, 0.15) is 5.69 Å². The molecule has 0 saturated heterocycles. The number of hydrogen-bond acceptors (Lipinski definition) is 5. The summed E-state index contributed by atoms with van der Waals surface area (Å²) in [7, 11) is 3.12. The molecule has 6 nitrogen and oxygen atoms in total. The van der Waals surface area contributed by atoms with Crippen LogP contribution >= 0.6 is 10.7 Å². The average Bonchev–Trinajstić information content (AvgIpc) is 2.69. The van der Waals surface area contributed by atoms with Gasteiger partial charge >= 0.3 is 0 Å². The smallest absolute Gasteiger partial charge is 0.266 e. The first-order valence-electron chi connectivity index (χ1n) is 4.29. The van der Waals surface area contributed by atoms with Crippen LogP contribution in [0.4, 0.5) is 0 Å². The van der Waals surface area contributed by atoms with E-state index in [-0.39, 0.29) is 10.6 Å². The first-order valence-corrected chi connectivity index (χ1v) is 6.60. The lowest BCUT2D eigenvalue weighted by molar-refractivity contribution is 0.420. The highest BCUT2D eigenvalue weighted by atomic mass is 35.7. The maximum atomic E-state index is 11.2. The third-order valence-electron chi connectivity index (χ3n) is 2.07. The number of aryl methyl sites for hydroxylation is 2. The second-order valence-corrected chi connectivity index (χ2v) is 5.80. The Bertz CT molecular complexity index is 629. The van der Waals surface area contributed by atoms with E-state index in [1.54, 1.807) is 24.9 Å². The molecular weight excluding hydrogens is 254 g/mol. The fraction of sp³-hybridized carbons (Fsp3) is 0.250. The molecule has 8 heteroatoms. The Balaban J connectivity index is 2.67. The van der Waals surface area contributed by atoms with Crippen LogP contribution in [0.2, 0.25) is 0 Å². The van der Waals surface area contributed by atoms with E-state index in [9.17, 15) is 8.42 Å². The fourth-order valence-electron chi connectivity index (χ4n) is 1.41. The number of aromatic nitrogens is 3. The summed E-state index contributed by atoms with van der Waals surface area (Å²) >= 11 is 0. The fourth-order valence-corrected chi connectivity index (χ4v) is 2.28. The quantitative estimate of drug-likeness (QED) is 0.762. The van der Waals surface area contributed by atoms with Gasteiger partial charge in [-0.25, -0.2) is 8.42 Å². The summed E-state index contributed by atoms with van der Waals surface area (Å²) in [6.07, 6.45) is 2.66. The zero-order chi connectivity index (χ0) is 11.9. The molecule has 2 rings (SSSR count). The van der Waals surface area contributed by atoms with Crippen molar-refractivity contribution in [1.29, 1.82) is 0 Å². The summed E-state index contributed by atoms with van der Waals surface area (Å²) in [6, 6.07) is 0. The summed E-state index contributed by atoms with van der Waals surface area (Å²) < 4.78 is 28.7. The molecule has 2 heterocycles. The molecule has 86 valence electrons. The van der Waals surface area contributed by atoms with Gasteiger partial charge in [-0.05, 0) is 6.92 Å². The number of nitrogens with zero attached hydrogens (tertiary/aromatic N) is 3. The van der Waals surface area contributed by atoms with E-state index in [0.29, 0.717) is 11.3 Å². The third kappa shape index (κ3) is 1.83. The highest BCUT2D eigenvalue weighted by Gasteiger charge is 2.23. The van der Waals surface area contributed by atoms with Gasteiger partial charge in [-0.1, -0.05) is 5.16 Å². The van der Waals surface area contributed by atoms with E-state index in [4.69, 9.17) is 10.7 Å². The van der Waals surface area contributed by atoms with Crippen molar-refractivity contribution in [1.82, 2.24) is 14.9 Å². The highest BCUT2D eigenvalue weighted by Crippen LogP contribution is 2.29. The van der Waals surface area contributed by atoms with Gasteiger partial charge in [0, 0.05) is 29.5 Å². The van der Waals surface area contributed by atoms with Gasteiger partial charge in [-0.3, -0.25) is 4.68 Å². The molecule has 0 saturated carbocycles. The molecule has 0 bridgehead atoms.